The molecule has 2 aromatic carbocycles. The third-order valence-electron chi connectivity index (χ3n) is 4.88. The monoisotopic (exact) mass is 443 g/mol. The molecule has 1 aromatic heterocycles. The van der Waals surface area contributed by atoms with Crippen LogP contribution in [0.3, 0.4) is 0 Å². The summed E-state index contributed by atoms with van der Waals surface area (Å²) in [6.45, 7) is 8.07. The Morgan fingerprint density at radius 2 is 1.94 bits per heavy atom. The lowest BCUT2D eigenvalue weighted by Gasteiger charge is -2.25. The van der Waals surface area contributed by atoms with Crippen molar-refractivity contribution in [1.29, 1.82) is 0 Å². The zero-order valence-corrected chi connectivity index (χ0v) is 19.0. The smallest absolute Gasteiger partial charge is 0.228 e. The van der Waals surface area contributed by atoms with Crippen LogP contribution in [0.2, 0.25) is 5.02 Å². The molecule has 31 heavy (non-hydrogen) atoms. The molecule has 166 valence electrons. The molecule has 3 rings (SSSR count). The molecule has 3 aromatic rings. The quantitative estimate of drug-likeness (QED) is 0.469. The predicted octanol–water partition coefficient (Wildman–Crippen LogP) is 4.53. The predicted molar refractivity (Wildman–Crippen MR) is 122 cm³/mol. The molecule has 1 heterocycles. The van der Waals surface area contributed by atoms with Crippen LogP contribution in [0, 0.1) is 6.92 Å². The summed E-state index contributed by atoms with van der Waals surface area (Å²) >= 11 is 6.22. The lowest BCUT2D eigenvalue weighted by atomic mass is 10.1. The van der Waals surface area contributed by atoms with Crippen molar-refractivity contribution in [1.82, 2.24) is 15.0 Å². The number of benzene rings is 2. The van der Waals surface area contributed by atoms with Crippen LogP contribution in [-0.2, 0) is 17.7 Å². The molecular formula is C24H30ClN3O3. The molecule has 0 spiro atoms. The largest absolute Gasteiger partial charge is 0.389 e. The van der Waals surface area contributed by atoms with E-state index in [9.17, 15) is 5.11 Å². The van der Waals surface area contributed by atoms with Crippen molar-refractivity contribution in [3.8, 4) is 11.4 Å². The van der Waals surface area contributed by atoms with Crippen LogP contribution in [0.5, 0.6) is 0 Å². The number of aromatic nitrogens is 2. The Morgan fingerprint density at radius 1 is 1.16 bits per heavy atom. The van der Waals surface area contributed by atoms with Crippen LogP contribution in [0.1, 0.15) is 30.9 Å². The van der Waals surface area contributed by atoms with Crippen LogP contribution >= 0.6 is 11.6 Å². The standard InChI is InChI=1S/C24H30ClN3O3/c1-17(2)30-16-21(29)15-28(14-19-7-5-4-6-8-19)12-11-23-26-24(27-31-23)20-10-9-18(3)22(25)13-20/h4-10,13,17,21,29H,11-12,14-16H2,1-3H3/t21-/m0/s1. The summed E-state index contributed by atoms with van der Waals surface area (Å²) in [5.74, 6) is 1.08. The molecule has 0 amide bonds. The maximum absolute atomic E-state index is 10.4. The van der Waals surface area contributed by atoms with Crippen LogP contribution < -0.4 is 0 Å². The maximum Gasteiger partial charge on any atom is 0.228 e. The Hall–Kier alpha value is -2.25. The molecule has 0 radical (unpaired) electrons. The van der Waals surface area contributed by atoms with Crippen molar-refractivity contribution in [2.75, 3.05) is 19.7 Å². The zero-order chi connectivity index (χ0) is 22.2. The van der Waals surface area contributed by atoms with E-state index in [1.54, 1.807) is 0 Å². The topological polar surface area (TPSA) is 71.6 Å². The summed E-state index contributed by atoms with van der Waals surface area (Å²) in [5.41, 5.74) is 3.01. The Morgan fingerprint density at radius 3 is 2.65 bits per heavy atom. The van der Waals surface area contributed by atoms with Crippen LogP contribution in [0.4, 0.5) is 0 Å². The van der Waals surface area contributed by atoms with Crippen molar-refractivity contribution >= 4 is 11.6 Å². The molecule has 0 fully saturated rings. The zero-order valence-electron chi connectivity index (χ0n) is 18.3. The fourth-order valence-electron chi connectivity index (χ4n) is 3.19. The number of aliphatic hydroxyl groups excluding tert-OH is 1. The van der Waals surface area contributed by atoms with E-state index >= 15 is 0 Å². The minimum Gasteiger partial charge on any atom is -0.389 e. The molecule has 0 aliphatic rings. The van der Waals surface area contributed by atoms with Crippen molar-refractivity contribution in [3.63, 3.8) is 0 Å². The summed E-state index contributed by atoms with van der Waals surface area (Å²) < 4.78 is 11.0. The van der Waals surface area contributed by atoms with Crippen molar-refractivity contribution < 1.29 is 14.4 Å². The molecule has 6 nitrogen and oxygen atoms in total. The first-order valence-corrected chi connectivity index (χ1v) is 10.9. The molecule has 7 heteroatoms. The van der Waals surface area contributed by atoms with E-state index in [-0.39, 0.29) is 6.10 Å². The molecule has 1 atom stereocenters. The van der Waals surface area contributed by atoms with Gasteiger partial charge in [-0.25, -0.2) is 0 Å². The van der Waals surface area contributed by atoms with Crippen LogP contribution in [0.15, 0.2) is 53.1 Å². The van der Waals surface area contributed by atoms with Gasteiger partial charge in [-0.15, -0.1) is 0 Å². The van der Waals surface area contributed by atoms with Gasteiger partial charge in [0.15, 0.2) is 0 Å². The van der Waals surface area contributed by atoms with Crippen LogP contribution in [-0.4, -0.2) is 52.1 Å². The van der Waals surface area contributed by atoms with Gasteiger partial charge in [-0.05, 0) is 38.0 Å². The van der Waals surface area contributed by atoms with Gasteiger partial charge in [-0.2, -0.15) is 4.98 Å². The minimum atomic E-state index is -0.570. The number of aliphatic hydroxyl groups is 1. The number of hydrogen-bond donors (Lipinski definition) is 1. The average Bonchev–Trinajstić information content (AvgIpc) is 3.22. The van der Waals surface area contributed by atoms with Gasteiger partial charge >= 0.3 is 0 Å². The first-order valence-electron chi connectivity index (χ1n) is 10.6. The second-order valence-electron chi connectivity index (χ2n) is 7.98. The second-order valence-corrected chi connectivity index (χ2v) is 8.39. The second kappa shape index (κ2) is 11.4. The summed E-state index contributed by atoms with van der Waals surface area (Å²) in [7, 11) is 0. The van der Waals surface area contributed by atoms with Gasteiger partial charge in [0, 0.05) is 36.6 Å². The molecule has 0 unspecified atom stereocenters. The highest BCUT2D eigenvalue weighted by Crippen LogP contribution is 2.23. The first kappa shape index (κ1) is 23.4. The fraction of sp³-hybridized carbons (Fsp3) is 0.417. The number of rotatable bonds is 11. The van der Waals surface area contributed by atoms with Crippen molar-refractivity contribution in [2.24, 2.45) is 0 Å². The van der Waals surface area contributed by atoms with E-state index in [0.29, 0.717) is 49.4 Å². The molecule has 0 saturated carbocycles. The molecule has 1 N–H and O–H groups in total. The molecule has 0 aliphatic heterocycles. The van der Waals surface area contributed by atoms with Gasteiger partial charge in [0.25, 0.3) is 0 Å². The van der Waals surface area contributed by atoms with E-state index < -0.39 is 6.10 Å². The van der Waals surface area contributed by atoms with E-state index in [4.69, 9.17) is 20.9 Å². The minimum absolute atomic E-state index is 0.0873. The first-order chi connectivity index (χ1) is 14.9. The average molecular weight is 444 g/mol. The van der Waals surface area contributed by atoms with E-state index in [0.717, 1.165) is 11.1 Å². The Balaban J connectivity index is 1.63. The van der Waals surface area contributed by atoms with Crippen molar-refractivity contribution in [2.45, 2.75) is 45.9 Å². The summed E-state index contributed by atoms with van der Waals surface area (Å²) in [5, 5.41) is 15.2. The Kier molecular flexibility index (Phi) is 8.60. The molecule has 0 saturated heterocycles. The van der Waals surface area contributed by atoms with Gasteiger partial charge in [0.2, 0.25) is 11.7 Å². The van der Waals surface area contributed by atoms with E-state index in [1.807, 2.05) is 57.2 Å². The summed E-state index contributed by atoms with van der Waals surface area (Å²) in [6, 6.07) is 15.9. The normalized spacial score (nSPS) is 12.6. The number of aryl methyl sites for hydroxylation is 1. The van der Waals surface area contributed by atoms with Crippen molar-refractivity contribution in [3.05, 3.63) is 70.6 Å². The Labute approximate surface area is 188 Å². The van der Waals surface area contributed by atoms with Gasteiger partial charge in [-0.3, -0.25) is 4.90 Å². The maximum atomic E-state index is 10.4. The summed E-state index contributed by atoms with van der Waals surface area (Å²) in [6.07, 6.45) is 0.0976. The lowest BCUT2D eigenvalue weighted by molar-refractivity contribution is -0.00957. The molecular weight excluding hydrogens is 414 g/mol. The van der Waals surface area contributed by atoms with Crippen LogP contribution in [0.25, 0.3) is 11.4 Å². The van der Waals surface area contributed by atoms with Gasteiger partial charge in [0.05, 0.1) is 18.8 Å². The highest BCUT2D eigenvalue weighted by molar-refractivity contribution is 6.31. The third kappa shape index (κ3) is 7.43. The number of halogens is 1. The number of hydrogen-bond acceptors (Lipinski definition) is 6. The van der Waals surface area contributed by atoms with Gasteiger partial charge in [0.1, 0.15) is 0 Å². The highest BCUT2D eigenvalue weighted by atomic mass is 35.5. The van der Waals surface area contributed by atoms with Gasteiger partial charge in [-0.1, -0.05) is 59.2 Å². The molecule has 0 bridgehead atoms. The fourth-order valence-corrected chi connectivity index (χ4v) is 3.37. The van der Waals surface area contributed by atoms with Gasteiger partial charge < -0.3 is 14.4 Å². The molecule has 0 aliphatic carbocycles. The van der Waals surface area contributed by atoms with E-state index in [1.165, 1.54) is 5.56 Å². The number of ether oxygens (including phenoxy) is 1. The number of nitrogens with zero attached hydrogens (tertiary/aromatic N) is 3. The third-order valence-corrected chi connectivity index (χ3v) is 5.29. The lowest BCUT2D eigenvalue weighted by Crippen LogP contribution is -2.36. The Bertz CT molecular complexity index is 946. The van der Waals surface area contributed by atoms with E-state index in [2.05, 4.69) is 27.2 Å². The SMILES string of the molecule is Cc1ccc(-c2noc(CCN(Cc3ccccc3)C[C@H](O)COC(C)C)n2)cc1Cl. The highest BCUT2D eigenvalue weighted by Gasteiger charge is 2.16. The summed E-state index contributed by atoms with van der Waals surface area (Å²) in [4.78, 5) is 6.70.